The lowest BCUT2D eigenvalue weighted by Crippen LogP contribution is -2.33. The van der Waals surface area contributed by atoms with Crippen LogP contribution in [0.3, 0.4) is 0 Å². The number of aliphatic hydroxyl groups is 2. The van der Waals surface area contributed by atoms with Crippen molar-refractivity contribution in [3.05, 3.63) is 0 Å². The second-order valence-corrected chi connectivity index (χ2v) is 2.27. The number of hydrogen-bond donors (Lipinski definition) is 3. The van der Waals surface area contributed by atoms with Crippen LogP contribution in [0.25, 0.3) is 0 Å². The normalized spacial score (nSPS) is 12.6. The van der Waals surface area contributed by atoms with Gasteiger partial charge in [0.05, 0.1) is 25.9 Å². The van der Waals surface area contributed by atoms with Crippen LogP contribution in [0.1, 0.15) is 6.92 Å². The van der Waals surface area contributed by atoms with E-state index >= 15 is 0 Å². The van der Waals surface area contributed by atoms with Gasteiger partial charge in [-0.15, -0.1) is 0 Å². The topological polar surface area (TPSA) is 78.8 Å². The highest BCUT2D eigenvalue weighted by Gasteiger charge is 2.03. The fourth-order valence-electron chi connectivity index (χ4n) is 0.617. The Labute approximate surface area is 71.3 Å². The van der Waals surface area contributed by atoms with Crippen molar-refractivity contribution in [1.82, 2.24) is 5.32 Å². The number of aliphatic hydroxyl groups excluding tert-OH is 2. The number of ether oxygens (including phenoxy) is 1. The first-order valence-electron chi connectivity index (χ1n) is 3.86. The molecule has 0 aromatic carbocycles. The summed E-state index contributed by atoms with van der Waals surface area (Å²) in [6.45, 7) is 2.01. The van der Waals surface area contributed by atoms with Gasteiger partial charge in [-0.05, 0) is 6.92 Å². The average molecular weight is 177 g/mol. The van der Waals surface area contributed by atoms with Gasteiger partial charge in [0, 0.05) is 6.54 Å². The second-order valence-electron chi connectivity index (χ2n) is 2.27. The molecule has 5 heteroatoms. The predicted octanol–water partition coefficient (Wildman–Crippen LogP) is -1.51. The number of carbonyl (C=O) groups excluding carboxylic acids is 1. The van der Waals surface area contributed by atoms with E-state index < -0.39 is 6.10 Å². The molecule has 0 spiro atoms. The third kappa shape index (κ3) is 6.09. The molecule has 0 bridgehead atoms. The van der Waals surface area contributed by atoms with Crippen LogP contribution >= 0.6 is 0 Å². The molecule has 0 radical (unpaired) electrons. The molecule has 0 rings (SSSR count). The summed E-state index contributed by atoms with van der Waals surface area (Å²) < 4.78 is 4.61. The summed E-state index contributed by atoms with van der Waals surface area (Å²) in [4.78, 5) is 10.7. The predicted molar refractivity (Wildman–Crippen MR) is 42.6 cm³/mol. The minimum Gasteiger partial charge on any atom is -0.465 e. The van der Waals surface area contributed by atoms with Crippen molar-refractivity contribution in [2.24, 2.45) is 0 Å². The largest absolute Gasteiger partial charge is 0.465 e. The Morgan fingerprint density at radius 3 is 2.83 bits per heavy atom. The molecular formula is C7H15NO4. The molecule has 1 atom stereocenters. The van der Waals surface area contributed by atoms with E-state index in [1.165, 1.54) is 0 Å². The standard InChI is InChI=1S/C7H15NO4/c1-2-12-7(11)4-8-3-6(10)5-9/h6,8-10H,2-5H2,1H3/t6-/m0/s1. The number of nitrogens with one attached hydrogen (secondary N) is 1. The number of esters is 1. The molecular weight excluding hydrogens is 162 g/mol. The number of rotatable bonds is 6. The van der Waals surface area contributed by atoms with Crippen molar-refractivity contribution in [2.45, 2.75) is 13.0 Å². The summed E-state index contributed by atoms with van der Waals surface area (Å²) in [7, 11) is 0. The zero-order valence-corrected chi connectivity index (χ0v) is 7.12. The molecule has 0 saturated carbocycles. The average Bonchev–Trinajstić information content (AvgIpc) is 2.04. The van der Waals surface area contributed by atoms with Gasteiger partial charge in [-0.3, -0.25) is 4.79 Å². The van der Waals surface area contributed by atoms with Crippen LogP contribution < -0.4 is 5.32 Å². The van der Waals surface area contributed by atoms with Crippen molar-refractivity contribution in [3.8, 4) is 0 Å². The van der Waals surface area contributed by atoms with Crippen molar-refractivity contribution in [1.29, 1.82) is 0 Å². The monoisotopic (exact) mass is 177 g/mol. The quantitative estimate of drug-likeness (QED) is 0.430. The Kier molecular flexibility index (Phi) is 6.64. The van der Waals surface area contributed by atoms with E-state index in [4.69, 9.17) is 10.2 Å². The Morgan fingerprint density at radius 1 is 1.67 bits per heavy atom. The van der Waals surface area contributed by atoms with Crippen LogP contribution in [0.2, 0.25) is 0 Å². The van der Waals surface area contributed by atoms with Crippen LogP contribution in [0.15, 0.2) is 0 Å². The first kappa shape index (κ1) is 11.4. The zero-order valence-electron chi connectivity index (χ0n) is 7.12. The summed E-state index contributed by atoms with van der Waals surface area (Å²) >= 11 is 0. The van der Waals surface area contributed by atoms with Crippen LogP contribution in [-0.4, -0.2) is 48.6 Å². The smallest absolute Gasteiger partial charge is 0.319 e. The van der Waals surface area contributed by atoms with Gasteiger partial charge >= 0.3 is 5.97 Å². The first-order chi connectivity index (χ1) is 5.70. The molecule has 0 aliphatic carbocycles. The van der Waals surface area contributed by atoms with Crippen molar-refractivity contribution >= 4 is 5.97 Å². The van der Waals surface area contributed by atoms with Gasteiger partial charge in [0.2, 0.25) is 0 Å². The van der Waals surface area contributed by atoms with Gasteiger partial charge in [0.1, 0.15) is 0 Å². The van der Waals surface area contributed by atoms with Gasteiger partial charge in [-0.2, -0.15) is 0 Å². The minimum absolute atomic E-state index is 0.0604. The summed E-state index contributed by atoms with van der Waals surface area (Å²) in [5.41, 5.74) is 0. The van der Waals surface area contributed by atoms with E-state index in [1.54, 1.807) is 6.92 Å². The van der Waals surface area contributed by atoms with Gasteiger partial charge in [0.25, 0.3) is 0 Å². The maximum atomic E-state index is 10.7. The fourth-order valence-corrected chi connectivity index (χ4v) is 0.617. The third-order valence-electron chi connectivity index (χ3n) is 1.17. The second kappa shape index (κ2) is 7.02. The highest BCUT2D eigenvalue weighted by Crippen LogP contribution is 1.78. The van der Waals surface area contributed by atoms with E-state index in [0.29, 0.717) is 6.61 Å². The highest BCUT2D eigenvalue weighted by molar-refractivity contribution is 5.71. The van der Waals surface area contributed by atoms with Gasteiger partial charge < -0.3 is 20.3 Å². The molecule has 12 heavy (non-hydrogen) atoms. The zero-order chi connectivity index (χ0) is 9.40. The first-order valence-corrected chi connectivity index (χ1v) is 3.86. The molecule has 3 N–H and O–H groups in total. The lowest BCUT2D eigenvalue weighted by Gasteiger charge is -2.07. The van der Waals surface area contributed by atoms with Gasteiger partial charge in [0.15, 0.2) is 0 Å². The minimum atomic E-state index is -0.820. The Morgan fingerprint density at radius 2 is 2.33 bits per heavy atom. The molecule has 0 fully saturated rings. The summed E-state index contributed by atoms with van der Waals surface area (Å²) in [6, 6.07) is 0. The van der Waals surface area contributed by atoms with E-state index in [9.17, 15) is 4.79 Å². The Balaban J connectivity index is 3.24. The molecule has 5 nitrogen and oxygen atoms in total. The van der Waals surface area contributed by atoms with E-state index in [2.05, 4.69) is 10.1 Å². The molecule has 0 aromatic heterocycles. The van der Waals surface area contributed by atoms with Gasteiger partial charge in [-0.25, -0.2) is 0 Å². The number of hydrogen-bond acceptors (Lipinski definition) is 5. The Hall–Kier alpha value is -0.650. The van der Waals surface area contributed by atoms with E-state index in [-0.39, 0.29) is 25.7 Å². The van der Waals surface area contributed by atoms with Crippen molar-refractivity contribution in [3.63, 3.8) is 0 Å². The maximum Gasteiger partial charge on any atom is 0.319 e. The molecule has 0 heterocycles. The number of carbonyl (C=O) groups is 1. The van der Waals surface area contributed by atoms with Crippen molar-refractivity contribution < 1.29 is 19.7 Å². The SMILES string of the molecule is CCOC(=O)CNC[C@H](O)CO. The van der Waals surface area contributed by atoms with E-state index in [1.807, 2.05) is 0 Å². The summed E-state index contributed by atoms with van der Waals surface area (Å²) in [5, 5.41) is 19.9. The summed E-state index contributed by atoms with van der Waals surface area (Å²) in [5.74, 6) is -0.359. The lowest BCUT2D eigenvalue weighted by molar-refractivity contribution is -0.142. The van der Waals surface area contributed by atoms with Crippen LogP contribution in [-0.2, 0) is 9.53 Å². The molecule has 0 unspecified atom stereocenters. The fraction of sp³-hybridized carbons (Fsp3) is 0.857. The van der Waals surface area contributed by atoms with Crippen LogP contribution in [0, 0.1) is 0 Å². The molecule has 0 aliphatic heterocycles. The molecule has 0 aromatic rings. The molecule has 72 valence electrons. The van der Waals surface area contributed by atoms with Gasteiger partial charge in [-0.1, -0.05) is 0 Å². The molecule has 0 amide bonds. The molecule has 0 saturated heterocycles. The molecule has 0 aliphatic rings. The highest BCUT2D eigenvalue weighted by atomic mass is 16.5. The lowest BCUT2D eigenvalue weighted by atomic mass is 10.4. The van der Waals surface area contributed by atoms with Crippen molar-refractivity contribution in [2.75, 3.05) is 26.3 Å². The van der Waals surface area contributed by atoms with Crippen LogP contribution in [0.4, 0.5) is 0 Å². The summed E-state index contributed by atoms with van der Waals surface area (Å²) in [6.07, 6.45) is -0.820. The maximum absolute atomic E-state index is 10.7. The Bertz CT molecular complexity index is 129. The third-order valence-corrected chi connectivity index (χ3v) is 1.17. The van der Waals surface area contributed by atoms with E-state index in [0.717, 1.165) is 0 Å². The van der Waals surface area contributed by atoms with Crippen LogP contribution in [0.5, 0.6) is 0 Å².